The standard InChI is InChI=1S/C11H15BrN2O2S/c1-11(2,9(13)10(15)16)17-6-8-4-3-7(12)5-14-8/h3-5,9H,6,13H2,1-2H3,(H,15,16)/t9-/m0/s1. The number of carbonyl (C=O) groups is 1. The van der Waals surface area contributed by atoms with Crippen molar-refractivity contribution >= 4 is 33.7 Å². The lowest BCUT2D eigenvalue weighted by molar-refractivity contribution is -0.139. The number of nitrogens with zero attached hydrogens (tertiary/aromatic N) is 1. The van der Waals surface area contributed by atoms with Crippen LogP contribution < -0.4 is 5.73 Å². The Balaban J connectivity index is 2.60. The molecule has 0 bridgehead atoms. The highest BCUT2D eigenvalue weighted by molar-refractivity contribution is 9.10. The average Bonchev–Trinajstić information content (AvgIpc) is 2.27. The molecule has 0 aliphatic heterocycles. The minimum Gasteiger partial charge on any atom is -0.480 e. The number of hydrogen-bond acceptors (Lipinski definition) is 4. The first-order valence-electron chi connectivity index (χ1n) is 5.05. The Hall–Kier alpha value is -0.590. The van der Waals surface area contributed by atoms with Crippen LogP contribution in [-0.4, -0.2) is 26.8 Å². The number of hydrogen-bond donors (Lipinski definition) is 2. The lowest BCUT2D eigenvalue weighted by Crippen LogP contribution is -2.46. The lowest BCUT2D eigenvalue weighted by atomic mass is 10.1. The molecule has 0 fully saturated rings. The molecule has 6 heteroatoms. The minimum absolute atomic E-state index is 0.527. The van der Waals surface area contributed by atoms with Crippen LogP contribution in [0.25, 0.3) is 0 Å². The van der Waals surface area contributed by atoms with E-state index in [0.717, 1.165) is 10.2 Å². The van der Waals surface area contributed by atoms with E-state index in [1.807, 2.05) is 26.0 Å². The number of carboxylic acid groups (broad SMARTS) is 1. The van der Waals surface area contributed by atoms with Crippen molar-refractivity contribution in [2.75, 3.05) is 0 Å². The zero-order chi connectivity index (χ0) is 13.1. The highest BCUT2D eigenvalue weighted by Crippen LogP contribution is 2.30. The van der Waals surface area contributed by atoms with Crippen molar-refractivity contribution in [3.8, 4) is 0 Å². The molecule has 0 saturated heterocycles. The summed E-state index contributed by atoms with van der Waals surface area (Å²) in [5.74, 6) is -0.340. The van der Waals surface area contributed by atoms with Gasteiger partial charge in [0.1, 0.15) is 6.04 Å². The molecule has 0 spiro atoms. The van der Waals surface area contributed by atoms with E-state index >= 15 is 0 Å². The SMILES string of the molecule is CC(C)(SCc1ccc(Br)cn1)[C@@H](N)C(=O)O. The molecule has 0 aliphatic carbocycles. The van der Waals surface area contributed by atoms with Crippen LogP contribution in [0.15, 0.2) is 22.8 Å². The quantitative estimate of drug-likeness (QED) is 0.871. The van der Waals surface area contributed by atoms with E-state index in [1.165, 1.54) is 11.8 Å². The molecule has 4 nitrogen and oxygen atoms in total. The summed E-state index contributed by atoms with van der Waals surface area (Å²) in [6.45, 7) is 3.66. The Morgan fingerprint density at radius 2 is 2.29 bits per heavy atom. The Labute approximate surface area is 113 Å². The van der Waals surface area contributed by atoms with E-state index in [0.29, 0.717) is 5.75 Å². The summed E-state index contributed by atoms with van der Waals surface area (Å²) in [7, 11) is 0. The molecule has 1 atom stereocenters. The minimum atomic E-state index is -0.980. The predicted octanol–water partition coefficient (Wildman–Crippen LogP) is 2.27. The Morgan fingerprint density at radius 3 is 2.76 bits per heavy atom. The fourth-order valence-corrected chi connectivity index (χ4v) is 2.34. The van der Waals surface area contributed by atoms with Crippen LogP contribution in [-0.2, 0) is 10.5 Å². The number of rotatable bonds is 5. The summed E-state index contributed by atoms with van der Waals surface area (Å²) < 4.78 is 0.397. The lowest BCUT2D eigenvalue weighted by Gasteiger charge is -2.27. The van der Waals surface area contributed by atoms with E-state index in [9.17, 15) is 4.79 Å². The van der Waals surface area contributed by atoms with Crippen molar-refractivity contribution in [3.05, 3.63) is 28.5 Å². The van der Waals surface area contributed by atoms with Gasteiger partial charge in [0.05, 0.1) is 5.69 Å². The van der Waals surface area contributed by atoms with Gasteiger partial charge in [0.15, 0.2) is 0 Å². The van der Waals surface area contributed by atoms with E-state index < -0.39 is 16.8 Å². The molecule has 94 valence electrons. The van der Waals surface area contributed by atoms with E-state index in [1.54, 1.807) is 6.20 Å². The molecule has 17 heavy (non-hydrogen) atoms. The van der Waals surface area contributed by atoms with Gasteiger partial charge in [0.2, 0.25) is 0 Å². The third-order valence-corrected chi connectivity index (χ3v) is 4.30. The Bertz CT molecular complexity index is 395. The fraction of sp³-hybridized carbons (Fsp3) is 0.455. The second-order valence-corrected chi connectivity index (χ2v) is 6.72. The highest BCUT2D eigenvalue weighted by Gasteiger charge is 2.32. The molecule has 1 heterocycles. The number of nitrogens with two attached hydrogens (primary N) is 1. The third-order valence-electron chi connectivity index (χ3n) is 2.40. The van der Waals surface area contributed by atoms with Crippen molar-refractivity contribution in [2.24, 2.45) is 5.73 Å². The molecule has 1 aromatic rings. The van der Waals surface area contributed by atoms with Crippen molar-refractivity contribution in [1.29, 1.82) is 0 Å². The summed E-state index contributed by atoms with van der Waals surface area (Å²) in [6.07, 6.45) is 1.72. The van der Waals surface area contributed by atoms with Crippen molar-refractivity contribution in [2.45, 2.75) is 30.4 Å². The first-order chi connectivity index (χ1) is 7.83. The number of aliphatic carboxylic acids is 1. The molecule has 0 aromatic carbocycles. The van der Waals surface area contributed by atoms with Crippen LogP contribution in [0.1, 0.15) is 19.5 Å². The van der Waals surface area contributed by atoms with Gasteiger partial charge >= 0.3 is 5.97 Å². The highest BCUT2D eigenvalue weighted by atomic mass is 79.9. The molecular weight excluding hydrogens is 304 g/mol. The van der Waals surface area contributed by atoms with Crippen LogP contribution in [0.5, 0.6) is 0 Å². The second-order valence-electron chi connectivity index (χ2n) is 4.18. The summed E-state index contributed by atoms with van der Waals surface area (Å²) in [5.41, 5.74) is 6.54. The van der Waals surface area contributed by atoms with Gasteiger partial charge in [0, 0.05) is 21.2 Å². The molecule has 0 aliphatic rings. The maximum atomic E-state index is 10.8. The molecule has 0 unspecified atom stereocenters. The van der Waals surface area contributed by atoms with Gasteiger partial charge in [-0.05, 0) is 41.9 Å². The van der Waals surface area contributed by atoms with Crippen LogP contribution >= 0.6 is 27.7 Å². The first-order valence-corrected chi connectivity index (χ1v) is 6.83. The number of halogens is 1. The number of carboxylic acids is 1. The molecular formula is C11H15BrN2O2S. The van der Waals surface area contributed by atoms with Gasteiger partial charge < -0.3 is 10.8 Å². The predicted molar refractivity (Wildman–Crippen MR) is 72.9 cm³/mol. The normalized spacial score (nSPS) is 13.4. The van der Waals surface area contributed by atoms with E-state index in [-0.39, 0.29) is 0 Å². The Morgan fingerprint density at radius 1 is 1.65 bits per heavy atom. The van der Waals surface area contributed by atoms with Crippen molar-refractivity contribution in [1.82, 2.24) is 4.98 Å². The maximum absolute atomic E-state index is 10.8. The second kappa shape index (κ2) is 5.84. The van der Waals surface area contributed by atoms with E-state index in [2.05, 4.69) is 20.9 Å². The Kier molecular flexibility index (Phi) is 4.97. The summed E-state index contributed by atoms with van der Waals surface area (Å²) in [5, 5.41) is 8.89. The average molecular weight is 319 g/mol. The monoisotopic (exact) mass is 318 g/mol. The number of thioether (sulfide) groups is 1. The molecule has 1 rings (SSSR count). The van der Waals surface area contributed by atoms with Crippen LogP contribution in [0.4, 0.5) is 0 Å². The summed E-state index contributed by atoms with van der Waals surface area (Å²) in [4.78, 5) is 15.1. The van der Waals surface area contributed by atoms with Gasteiger partial charge in [-0.15, -0.1) is 11.8 Å². The van der Waals surface area contributed by atoms with E-state index in [4.69, 9.17) is 10.8 Å². The molecule has 0 saturated carbocycles. The fourth-order valence-electron chi connectivity index (χ4n) is 1.14. The zero-order valence-electron chi connectivity index (χ0n) is 9.68. The van der Waals surface area contributed by atoms with Crippen molar-refractivity contribution in [3.63, 3.8) is 0 Å². The first kappa shape index (κ1) is 14.5. The van der Waals surface area contributed by atoms with Crippen LogP contribution in [0.3, 0.4) is 0 Å². The number of pyridine rings is 1. The topological polar surface area (TPSA) is 76.2 Å². The molecule has 0 amide bonds. The summed E-state index contributed by atoms with van der Waals surface area (Å²) in [6, 6.07) is 2.93. The number of aromatic nitrogens is 1. The zero-order valence-corrected chi connectivity index (χ0v) is 12.1. The summed E-state index contributed by atoms with van der Waals surface area (Å²) >= 11 is 4.80. The van der Waals surface area contributed by atoms with Crippen LogP contribution in [0, 0.1) is 0 Å². The third kappa shape index (κ3) is 4.29. The molecule has 3 N–H and O–H groups in total. The molecule has 1 aromatic heterocycles. The largest absolute Gasteiger partial charge is 0.480 e. The van der Waals surface area contributed by atoms with Gasteiger partial charge in [-0.25, -0.2) is 0 Å². The van der Waals surface area contributed by atoms with Gasteiger partial charge in [-0.3, -0.25) is 9.78 Å². The maximum Gasteiger partial charge on any atom is 0.321 e. The van der Waals surface area contributed by atoms with Gasteiger partial charge in [-0.1, -0.05) is 0 Å². The van der Waals surface area contributed by atoms with Crippen molar-refractivity contribution < 1.29 is 9.90 Å². The van der Waals surface area contributed by atoms with Crippen LogP contribution in [0.2, 0.25) is 0 Å². The smallest absolute Gasteiger partial charge is 0.321 e. The van der Waals surface area contributed by atoms with Gasteiger partial charge in [0.25, 0.3) is 0 Å². The molecule has 0 radical (unpaired) electrons. The van der Waals surface area contributed by atoms with Gasteiger partial charge in [-0.2, -0.15) is 0 Å².